The van der Waals surface area contributed by atoms with Crippen LogP contribution in [0.25, 0.3) is 11.1 Å². The summed E-state index contributed by atoms with van der Waals surface area (Å²) in [6.45, 7) is 0. The van der Waals surface area contributed by atoms with Crippen LogP contribution in [0.5, 0.6) is 5.75 Å². The van der Waals surface area contributed by atoms with E-state index in [0.717, 1.165) is 0 Å². The molecular weight excluding hydrogens is 302 g/mol. The van der Waals surface area contributed by atoms with Crippen molar-refractivity contribution in [2.75, 3.05) is 0 Å². The average Bonchev–Trinajstić information content (AvgIpc) is 2.28. The summed E-state index contributed by atoms with van der Waals surface area (Å²) in [5, 5.41) is 10.9. The molecule has 0 bridgehead atoms. The first kappa shape index (κ1) is 12.8. The van der Waals surface area contributed by atoms with E-state index in [1.165, 1.54) is 0 Å². The van der Waals surface area contributed by atoms with E-state index >= 15 is 0 Å². The van der Waals surface area contributed by atoms with Crippen molar-refractivity contribution in [3.63, 3.8) is 0 Å². The third kappa shape index (κ3) is 2.63. The molecule has 1 nitrogen and oxygen atoms in total. The molecule has 0 spiro atoms. The van der Waals surface area contributed by atoms with Crippen LogP contribution in [0, 0.1) is 0 Å². The minimum atomic E-state index is -0.143. The fourth-order valence-electron chi connectivity index (χ4n) is 1.44. The number of hydrogen-bond donors (Lipinski definition) is 1. The molecule has 17 heavy (non-hydrogen) atoms. The van der Waals surface area contributed by atoms with Gasteiger partial charge in [-0.15, -0.1) is 0 Å². The second-order valence-corrected chi connectivity index (χ2v) is 5.07. The van der Waals surface area contributed by atoms with E-state index in [0.29, 0.717) is 21.2 Å². The number of benzene rings is 2. The highest BCUT2D eigenvalue weighted by Gasteiger charge is 2.10. The molecule has 88 valence electrons. The van der Waals surface area contributed by atoms with Gasteiger partial charge in [-0.3, -0.25) is 0 Å². The summed E-state index contributed by atoms with van der Waals surface area (Å²) in [5.74, 6) is -0.143. The molecule has 2 aromatic carbocycles. The first-order valence-electron chi connectivity index (χ1n) is 4.62. The normalized spacial score (nSPS) is 10.6. The maximum Gasteiger partial charge on any atom is 0.152 e. The molecule has 0 fully saturated rings. The molecule has 2 rings (SSSR count). The van der Waals surface area contributed by atoms with Crippen LogP contribution < -0.4 is 0 Å². The number of halogens is 4. The Morgan fingerprint density at radius 3 is 1.94 bits per heavy atom. The van der Waals surface area contributed by atoms with Gasteiger partial charge in [-0.1, -0.05) is 46.4 Å². The number of hydrogen-bond acceptors (Lipinski definition) is 1. The summed E-state index contributed by atoms with van der Waals surface area (Å²) in [6.07, 6.45) is 0. The van der Waals surface area contributed by atoms with Gasteiger partial charge in [0, 0.05) is 15.6 Å². The lowest BCUT2D eigenvalue weighted by atomic mass is 10.1. The summed E-state index contributed by atoms with van der Waals surface area (Å²) in [6, 6.07) is 8.26. The molecule has 0 amide bonds. The van der Waals surface area contributed by atoms with Gasteiger partial charge < -0.3 is 5.11 Å². The highest BCUT2D eigenvalue weighted by atomic mass is 35.5. The Balaban J connectivity index is 2.64. The Bertz CT molecular complexity index is 558. The van der Waals surface area contributed by atoms with Crippen molar-refractivity contribution in [1.82, 2.24) is 0 Å². The molecule has 5 heteroatoms. The van der Waals surface area contributed by atoms with Crippen molar-refractivity contribution < 1.29 is 5.11 Å². The molecule has 0 heterocycles. The highest BCUT2D eigenvalue weighted by molar-refractivity contribution is 6.38. The van der Waals surface area contributed by atoms with E-state index in [2.05, 4.69) is 0 Å². The van der Waals surface area contributed by atoms with Crippen LogP contribution in [0.3, 0.4) is 0 Å². The zero-order chi connectivity index (χ0) is 12.6. The van der Waals surface area contributed by atoms with Gasteiger partial charge in [0.2, 0.25) is 0 Å². The Hall–Kier alpha value is -0.600. The van der Waals surface area contributed by atoms with Gasteiger partial charge in [0.05, 0.1) is 10.0 Å². The molecule has 0 aliphatic carbocycles. The molecule has 0 aliphatic heterocycles. The SMILES string of the molecule is Oc1c(Cl)cc(-c2cc(Cl)ccc2Cl)cc1Cl. The zero-order valence-corrected chi connectivity index (χ0v) is 11.4. The molecule has 2 aromatic rings. The minimum Gasteiger partial charge on any atom is -0.505 e. The molecule has 0 saturated carbocycles. The Morgan fingerprint density at radius 2 is 1.35 bits per heavy atom. The molecule has 1 N–H and O–H groups in total. The number of phenols is 1. The van der Waals surface area contributed by atoms with Crippen molar-refractivity contribution in [3.8, 4) is 16.9 Å². The van der Waals surface area contributed by atoms with Crippen molar-refractivity contribution in [2.45, 2.75) is 0 Å². The van der Waals surface area contributed by atoms with E-state index in [-0.39, 0.29) is 15.8 Å². The van der Waals surface area contributed by atoms with Crippen molar-refractivity contribution in [1.29, 1.82) is 0 Å². The van der Waals surface area contributed by atoms with Crippen molar-refractivity contribution in [3.05, 3.63) is 50.4 Å². The van der Waals surface area contributed by atoms with Crippen LogP contribution in [0.2, 0.25) is 20.1 Å². The Kier molecular flexibility index (Phi) is 3.74. The van der Waals surface area contributed by atoms with E-state index in [1.807, 2.05) is 0 Å². The van der Waals surface area contributed by atoms with Gasteiger partial charge in [0.25, 0.3) is 0 Å². The highest BCUT2D eigenvalue weighted by Crippen LogP contribution is 2.39. The van der Waals surface area contributed by atoms with Crippen LogP contribution >= 0.6 is 46.4 Å². The molecule has 0 aliphatic rings. The fourth-order valence-corrected chi connectivity index (χ4v) is 2.33. The monoisotopic (exact) mass is 306 g/mol. The maximum absolute atomic E-state index is 9.48. The smallest absolute Gasteiger partial charge is 0.152 e. The van der Waals surface area contributed by atoms with Crippen LogP contribution in [0.15, 0.2) is 30.3 Å². The largest absolute Gasteiger partial charge is 0.505 e. The van der Waals surface area contributed by atoms with Crippen LogP contribution in [0.4, 0.5) is 0 Å². The third-order valence-electron chi connectivity index (χ3n) is 2.26. The molecule has 0 aromatic heterocycles. The lowest BCUT2D eigenvalue weighted by Gasteiger charge is -2.08. The molecule has 0 unspecified atom stereocenters. The zero-order valence-electron chi connectivity index (χ0n) is 8.35. The van der Waals surface area contributed by atoms with Gasteiger partial charge in [-0.05, 0) is 35.9 Å². The number of aromatic hydroxyl groups is 1. The third-order valence-corrected chi connectivity index (χ3v) is 3.40. The Labute approximate surface area is 118 Å². The van der Waals surface area contributed by atoms with Gasteiger partial charge in [0.15, 0.2) is 5.75 Å². The summed E-state index contributed by atoms with van der Waals surface area (Å²) in [7, 11) is 0. The van der Waals surface area contributed by atoms with Gasteiger partial charge in [-0.2, -0.15) is 0 Å². The second kappa shape index (κ2) is 4.95. The summed E-state index contributed by atoms with van der Waals surface area (Å²) in [4.78, 5) is 0. The number of phenolic OH excluding ortho intramolecular Hbond substituents is 1. The van der Waals surface area contributed by atoms with Gasteiger partial charge in [-0.25, -0.2) is 0 Å². The molecule has 0 atom stereocenters. The number of rotatable bonds is 1. The topological polar surface area (TPSA) is 20.2 Å². The van der Waals surface area contributed by atoms with E-state index in [9.17, 15) is 5.11 Å². The van der Waals surface area contributed by atoms with Crippen LogP contribution in [0.1, 0.15) is 0 Å². The van der Waals surface area contributed by atoms with Crippen LogP contribution in [-0.2, 0) is 0 Å². The summed E-state index contributed by atoms with van der Waals surface area (Å²) < 4.78 is 0. The van der Waals surface area contributed by atoms with Gasteiger partial charge >= 0.3 is 0 Å². The molecular formula is C12H6Cl4O. The van der Waals surface area contributed by atoms with Gasteiger partial charge in [0.1, 0.15) is 0 Å². The second-order valence-electron chi connectivity index (χ2n) is 3.41. The van der Waals surface area contributed by atoms with Crippen LogP contribution in [-0.4, -0.2) is 5.11 Å². The minimum absolute atomic E-state index is 0.143. The predicted octanol–water partition coefficient (Wildman–Crippen LogP) is 5.67. The molecule has 0 radical (unpaired) electrons. The van der Waals surface area contributed by atoms with E-state index < -0.39 is 0 Å². The lowest BCUT2D eigenvalue weighted by molar-refractivity contribution is 0.476. The average molecular weight is 308 g/mol. The summed E-state index contributed by atoms with van der Waals surface area (Å²) >= 11 is 23.7. The Morgan fingerprint density at radius 1 is 0.765 bits per heavy atom. The maximum atomic E-state index is 9.48. The summed E-state index contributed by atoms with van der Waals surface area (Å²) in [5.41, 5.74) is 1.41. The van der Waals surface area contributed by atoms with Crippen molar-refractivity contribution >= 4 is 46.4 Å². The van der Waals surface area contributed by atoms with Crippen molar-refractivity contribution in [2.24, 2.45) is 0 Å². The van der Waals surface area contributed by atoms with E-state index in [1.54, 1.807) is 30.3 Å². The fraction of sp³-hybridized carbons (Fsp3) is 0. The predicted molar refractivity (Wildman–Crippen MR) is 73.6 cm³/mol. The van der Waals surface area contributed by atoms with E-state index in [4.69, 9.17) is 46.4 Å². The first-order chi connectivity index (χ1) is 7.99. The standard InChI is InChI=1S/C12H6Cl4O/c13-7-1-2-9(14)8(5-7)6-3-10(15)12(17)11(16)4-6/h1-5,17H. The first-order valence-corrected chi connectivity index (χ1v) is 6.13. The molecule has 0 saturated heterocycles. The lowest BCUT2D eigenvalue weighted by Crippen LogP contribution is -1.82. The quantitative estimate of drug-likeness (QED) is 0.719.